The van der Waals surface area contributed by atoms with Gasteiger partial charge in [0.05, 0.1) is 5.75 Å². The standard InChI is InChI=1S/C22H23NO6S/c1-12-8-17-16(10-18(23-17)22(25)26)13(2)21(12)29-15-6-7-19(24)20(9-15)30(27,28)11-14-4-3-5-14/h6-10,14,23-24H,3-5,11H2,1-2H3,(H,25,26). The van der Waals surface area contributed by atoms with Crippen LogP contribution in [0.15, 0.2) is 35.2 Å². The zero-order valence-electron chi connectivity index (χ0n) is 16.7. The number of aromatic amines is 1. The number of carboxylic acids is 1. The third-order valence-corrected chi connectivity index (χ3v) is 7.62. The van der Waals surface area contributed by atoms with Gasteiger partial charge in [0.15, 0.2) is 9.84 Å². The normalized spacial score (nSPS) is 14.6. The van der Waals surface area contributed by atoms with Crippen molar-refractivity contribution in [2.75, 3.05) is 5.75 Å². The summed E-state index contributed by atoms with van der Waals surface area (Å²) in [6, 6.07) is 7.53. The fourth-order valence-corrected chi connectivity index (χ4v) is 5.67. The molecule has 3 N–H and O–H groups in total. The van der Waals surface area contributed by atoms with Gasteiger partial charge in [0, 0.05) is 22.5 Å². The van der Waals surface area contributed by atoms with Gasteiger partial charge in [-0.2, -0.15) is 0 Å². The summed E-state index contributed by atoms with van der Waals surface area (Å²) in [6.07, 6.45) is 2.83. The maximum absolute atomic E-state index is 12.8. The Labute approximate surface area is 174 Å². The van der Waals surface area contributed by atoms with Crippen LogP contribution in [-0.2, 0) is 9.84 Å². The van der Waals surface area contributed by atoms with Gasteiger partial charge >= 0.3 is 5.97 Å². The molecule has 1 heterocycles. The maximum atomic E-state index is 12.8. The Balaban J connectivity index is 1.70. The molecule has 0 atom stereocenters. The minimum Gasteiger partial charge on any atom is -0.507 e. The number of carbonyl (C=O) groups is 1. The number of H-pyrrole nitrogens is 1. The predicted octanol–water partition coefficient (Wildman–Crippen LogP) is 4.55. The number of phenols is 1. The minimum absolute atomic E-state index is 0.0232. The van der Waals surface area contributed by atoms with Gasteiger partial charge in [0.2, 0.25) is 0 Å². The van der Waals surface area contributed by atoms with Crippen molar-refractivity contribution in [3.63, 3.8) is 0 Å². The molecule has 0 amide bonds. The molecule has 30 heavy (non-hydrogen) atoms. The molecule has 1 fully saturated rings. The van der Waals surface area contributed by atoms with Gasteiger partial charge < -0.3 is 19.9 Å². The van der Waals surface area contributed by atoms with Crippen molar-refractivity contribution in [2.24, 2.45) is 5.92 Å². The summed E-state index contributed by atoms with van der Waals surface area (Å²) in [7, 11) is -3.63. The van der Waals surface area contributed by atoms with Crippen LogP contribution in [-0.4, -0.2) is 35.3 Å². The third-order valence-electron chi connectivity index (χ3n) is 5.71. The highest BCUT2D eigenvalue weighted by atomic mass is 32.2. The lowest BCUT2D eigenvalue weighted by Gasteiger charge is -2.25. The number of hydrogen-bond donors (Lipinski definition) is 3. The number of aromatic hydroxyl groups is 1. The fraction of sp³-hybridized carbons (Fsp3) is 0.318. The first-order valence-corrected chi connectivity index (χ1v) is 11.4. The van der Waals surface area contributed by atoms with E-state index in [9.17, 15) is 23.4 Å². The summed E-state index contributed by atoms with van der Waals surface area (Å²) >= 11 is 0. The fourth-order valence-electron chi connectivity index (χ4n) is 3.85. The minimum atomic E-state index is -3.63. The average Bonchev–Trinajstić information content (AvgIpc) is 3.07. The summed E-state index contributed by atoms with van der Waals surface area (Å²) in [5, 5.41) is 20.1. The molecule has 158 valence electrons. The Morgan fingerprint density at radius 2 is 1.93 bits per heavy atom. The molecule has 7 nitrogen and oxygen atoms in total. The van der Waals surface area contributed by atoms with Crippen molar-refractivity contribution in [1.29, 1.82) is 0 Å². The highest BCUT2D eigenvalue weighted by Crippen LogP contribution is 2.38. The maximum Gasteiger partial charge on any atom is 0.352 e. The number of aromatic nitrogens is 1. The lowest BCUT2D eigenvalue weighted by Crippen LogP contribution is -2.22. The summed E-state index contributed by atoms with van der Waals surface area (Å²) < 4.78 is 31.5. The number of aryl methyl sites for hydroxylation is 2. The van der Waals surface area contributed by atoms with Crippen molar-refractivity contribution in [1.82, 2.24) is 4.98 Å². The van der Waals surface area contributed by atoms with Crippen LogP contribution in [0, 0.1) is 19.8 Å². The molecule has 0 unspecified atom stereocenters. The second-order valence-electron chi connectivity index (χ2n) is 7.91. The molecule has 0 saturated heterocycles. The van der Waals surface area contributed by atoms with E-state index in [2.05, 4.69) is 4.98 Å². The van der Waals surface area contributed by atoms with Gasteiger partial charge in [0.25, 0.3) is 0 Å². The van der Waals surface area contributed by atoms with E-state index in [0.717, 1.165) is 30.4 Å². The van der Waals surface area contributed by atoms with Crippen LogP contribution in [0.25, 0.3) is 10.9 Å². The van der Waals surface area contributed by atoms with Crippen LogP contribution in [0.4, 0.5) is 0 Å². The molecule has 0 radical (unpaired) electrons. The van der Waals surface area contributed by atoms with Gasteiger partial charge in [-0.1, -0.05) is 6.42 Å². The summed E-state index contributed by atoms with van der Waals surface area (Å²) in [5.41, 5.74) is 2.27. The monoisotopic (exact) mass is 429 g/mol. The number of nitrogens with one attached hydrogen (secondary N) is 1. The van der Waals surface area contributed by atoms with Gasteiger partial charge in [-0.15, -0.1) is 0 Å². The van der Waals surface area contributed by atoms with Gasteiger partial charge in [-0.3, -0.25) is 0 Å². The number of sulfone groups is 1. The smallest absolute Gasteiger partial charge is 0.352 e. The van der Waals surface area contributed by atoms with Crippen molar-refractivity contribution < 1.29 is 28.2 Å². The number of ether oxygens (including phenoxy) is 1. The number of hydrogen-bond acceptors (Lipinski definition) is 5. The summed E-state index contributed by atoms with van der Waals surface area (Å²) in [6.45, 7) is 3.65. The van der Waals surface area contributed by atoms with E-state index < -0.39 is 15.8 Å². The Morgan fingerprint density at radius 1 is 1.20 bits per heavy atom. The van der Waals surface area contributed by atoms with E-state index in [4.69, 9.17) is 4.74 Å². The topological polar surface area (TPSA) is 117 Å². The molecule has 1 saturated carbocycles. The molecular formula is C22H23NO6S. The molecule has 1 aliphatic carbocycles. The molecule has 0 spiro atoms. The highest BCUT2D eigenvalue weighted by Gasteiger charge is 2.28. The molecule has 2 aromatic carbocycles. The molecule has 1 aromatic heterocycles. The van der Waals surface area contributed by atoms with Crippen LogP contribution >= 0.6 is 0 Å². The van der Waals surface area contributed by atoms with Crippen LogP contribution < -0.4 is 4.74 Å². The quantitative estimate of drug-likeness (QED) is 0.529. The van der Waals surface area contributed by atoms with E-state index in [0.29, 0.717) is 22.4 Å². The molecule has 1 aliphatic rings. The second-order valence-corrected chi connectivity index (χ2v) is 9.91. The Bertz CT molecular complexity index is 1250. The van der Waals surface area contributed by atoms with Crippen molar-refractivity contribution in [3.05, 3.63) is 47.2 Å². The van der Waals surface area contributed by atoms with Crippen LogP contribution in [0.3, 0.4) is 0 Å². The van der Waals surface area contributed by atoms with Gasteiger partial charge in [0.1, 0.15) is 27.8 Å². The molecular weight excluding hydrogens is 406 g/mol. The molecule has 0 bridgehead atoms. The highest BCUT2D eigenvalue weighted by molar-refractivity contribution is 7.91. The van der Waals surface area contributed by atoms with Crippen LogP contribution in [0.2, 0.25) is 0 Å². The average molecular weight is 429 g/mol. The first kappa shape index (κ1) is 20.3. The Morgan fingerprint density at radius 3 is 2.57 bits per heavy atom. The zero-order chi connectivity index (χ0) is 21.6. The van der Waals surface area contributed by atoms with E-state index >= 15 is 0 Å². The number of carboxylic acid groups (broad SMARTS) is 1. The number of phenolic OH excluding ortho intramolecular Hbond substituents is 1. The van der Waals surface area contributed by atoms with Crippen molar-refractivity contribution in [3.8, 4) is 17.2 Å². The number of fused-ring (bicyclic) bond motifs is 1. The van der Waals surface area contributed by atoms with E-state index in [-0.39, 0.29) is 28.0 Å². The zero-order valence-corrected chi connectivity index (χ0v) is 17.5. The lowest BCUT2D eigenvalue weighted by atomic mass is 9.87. The summed E-state index contributed by atoms with van der Waals surface area (Å²) in [4.78, 5) is 14.0. The summed E-state index contributed by atoms with van der Waals surface area (Å²) in [5.74, 6) is -0.364. The number of benzene rings is 2. The largest absolute Gasteiger partial charge is 0.507 e. The van der Waals surface area contributed by atoms with Gasteiger partial charge in [-0.25, -0.2) is 13.2 Å². The molecule has 3 aromatic rings. The molecule has 8 heteroatoms. The van der Waals surface area contributed by atoms with Crippen molar-refractivity contribution in [2.45, 2.75) is 38.0 Å². The predicted molar refractivity (Wildman–Crippen MR) is 112 cm³/mol. The van der Waals surface area contributed by atoms with Crippen molar-refractivity contribution >= 4 is 26.7 Å². The first-order valence-electron chi connectivity index (χ1n) is 9.75. The second kappa shape index (κ2) is 7.36. The van der Waals surface area contributed by atoms with E-state index in [1.54, 1.807) is 12.1 Å². The Kier molecular flexibility index (Phi) is 4.97. The van der Waals surface area contributed by atoms with Crippen LogP contribution in [0.5, 0.6) is 17.2 Å². The van der Waals surface area contributed by atoms with Crippen LogP contribution in [0.1, 0.15) is 40.9 Å². The van der Waals surface area contributed by atoms with E-state index in [1.165, 1.54) is 18.2 Å². The molecule has 0 aliphatic heterocycles. The third kappa shape index (κ3) is 3.63. The van der Waals surface area contributed by atoms with E-state index in [1.807, 2.05) is 13.8 Å². The molecule has 4 rings (SSSR count). The number of aromatic carboxylic acids is 1. The lowest BCUT2D eigenvalue weighted by molar-refractivity contribution is 0.0691. The first-order chi connectivity index (χ1) is 14.2. The Hall–Kier alpha value is -3.00. The SMILES string of the molecule is Cc1cc2[nH]c(C(=O)O)cc2c(C)c1Oc1ccc(O)c(S(=O)(=O)CC2CCC2)c1. The van der Waals surface area contributed by atoms with Gasteiger partial charge in [-0.05, 0) is 62.4 Å². The number of rotatable bonds is 6.